The summed E-state index contributed by atoms with van der Waals surface area (Å²) in [5.74, 6) is -0.959. The topological polar surface area (TPSA) is 68.0 Å². The van der Waals surface area contributed by atoms with Crippen molar-refractivity contribution in [1.29, 1.82) is 0 Å². The van der Waals surface area contributed by atoms with Crippen molar-refractivity contribution >= 4 is 5.97 Å². The minimum Gasteiger partial charge on any atom is -0.550 e. The lowest BCUT2D eigenvalue weighted by atomic mass is 10.1. The number of carboxylic acid groups (broad SMARTS) is 1. The number of nitrogens with zero attached hydrogens (tertiary/aromatic N) is 1. The van der Waals surface area contributed by atoms with Gasteiger partial charge in [0.25, 0.3) is 0 Å². The van der Waals surface area contributed by atoms with Gasteiger partial charge >= 0.3 is 0 Å². The van der Waals surface area contributed by atoms with Crippen LogP contribution >= 0.6 is 0 Å². The number of aliphatic hydroxyl groups is 1. The van der Waals surface area contributed by atoms with Crippen LogP contribution in [-0.2, 0) is 4.79 Å². The van der Waals surface area contributed by atoms with E-state index < -0.39 is 5.97 Å². The van der Waals surface area contributed by atoms with E-state index in [1.807, 2.05) is 0 Å². The summed E-state index contributed by atoms with van der Waals surface area (Å²) >= 11 is 0. The summed E-state index contributed by atoms with van der Waals surface area (Å²) < 4.78 is 0. The largest absolute Gasteiger partial charge is 0.550 e. The van der Waals surface area contributed by atoms with Crippen LogP contribution < -0.4 is 10.0 Å². The third kappa shape index (κ3) is 6.20. The summed E-state index contributed by atoms with van der Waals surface area (Å²) in [6.45, 7) is 5.68. The number of rotatable bonds is 11. The van der Waals surface area contributed by atoms with Crippen LogP contribution in [0.1, 0.15) is 51.9 Å². The molecule has 1 saturated heterocycles. The highest BCUT2D eigenvalue weighted by molar-refractivity contribution is 5.64. The molecule has 0 aromatic carbocycles. The summed E-state index contributed by atoms with van der Waals surface area (Å²) in [5.41, 5.74) is 0. The molecule has 0 bridgehead atoms. The third-order valence-corrected chi connectivity index (χ3v) is 4.25. The standard InChI is InChI=1S/C15H30N2O3/c1-2-3-4-5-6-7-14-16(9-8-15(19)20)10-11-17(14)12-13-18/h14,18H,2-13H2,1H3,(H,19,20). The minimum absolute atomic E-state index is 0.134. The number of carboxylic acids is 1. The van der Waals surface area contributed by atoms with Gasteiger partial charge in [-0.25, -0.2) is 4.90 Å². The highest BCUT2D eigenvalue weighted by Crippen LogP contribution is 2.10. The second kappa shape index (κ2) is 10.1. The van der Waals surface area contributed by atoms with Crippen molar-refractivity contribution in [3.63, 3.8) is 0 Å². The number of β-amino-alcohol motifs (C(OH)–C–C–N with tert-alkyl or cyclic N) is 1. The van der Waals surface area contributed by atoms with E-state index in [9.17, 15) is 9.90 Å². The van der Waals surface area contributed by atoms with E-state index in [0.29, 0.717) is 19.3 Å². The first-order chi connectivity index (χ1) is 9.69. The average molecular weight is 286 g/mol. The summed E-state index contributed by atoms with van der Waals surface area (Å²) in [4.78, 5) is 14.3. The van der Waals surface area contributed by atoms with Crippen molar-refractivity contribution < 1.29 is 19.9 Å². The van der Waals surface area contributed by atoms with Gasteiger partial charge in [0.15, 0.2) is 0 Å². The molecule has 0 aliphatic carbocycles. The maximum absolute atomic E-state index is 10.6. The molecule has 0 aromatic heterocycles. The van der Waals surface area contributed by atoms with E-state index >= 15 is 0 Å². The van der Waals surface area contributed by atoms with E-state index in [1.165, 1.54) is 37.0 Å². The molecule has 1 fully saturated rings. The Labute approximate surface area is 122 Å². The number of unbranched alkanes of at least 4 members (excludes halogenated alkanes) is 4. The lowest BCUT2D eigenvalue weighted by Gasteiger charge is -2.27. The Morgan fingerprint density at radius 3 is 2.75 bits per heavy atom. The van der Waals surface area contributed by atoms with Gasteiger partial charge in [-0.15, -0.1) is 0 Å². The van der Waals surface area contributed by atoms with Crippen LogP contribution in [-0.4, -0.2) is 54.9 Å². The normalized spacial score (nSPS) is 23.3. The smallest absolute Gasteiger partial charge is 0.144 e. The summed E-state index contributed by atoms with van der Waals surface area (Å²) in [7, 11) is 0. The molecule has 0 radical (unpaired) electrons. The van der Waals surface area contributed by atoms with E-state index in [1.54, 1.807) is 0 Å². The molecule has 1 heterocycles. The van der Waals surface area contributed by atoms with Crippen molar-refractivity contribution in [2.75, 3.05) is 32.8 Å². The first kappa shape index (κ1) is 17.4. The van der Waals surface area contributed by atoms with Crippen LogP contribution in [0.3, 0.4) is 0 Å². The Morgan fingerprint density at radius 2 is 2.10 bits per heavy atom. The first-order valence-corrected chi connectivity index (χ1v) is 8.08. The average Bonchev–Trinajstić information content (AvgIpc) is 2.79. The second-order valence-corrected chi connectivity index (χ2v) is 5.76. The molecule has 2 N–H and O–H groups in total. The van der Waals surface area contributed by atoms with Crippen LogP contribution in [0.5, 0.6) is 0 Å². The molecule has 0 amide bonds. The van der Waals surface area contributed by atoms with Crippen LogP contribution in [0.15, 0.2) is 0 Å². The minimum atomic E-state index is -0.959. The number of carbonyl (C=O) groups excluding carboxylic acids is 1. The Balaban J connectivity index is 2.37. The summed E-state index contributed by atoms with van der Waals surface area (Å²) in [6.07, 6.45) is 7.91. The van der Waals surface area contributed by atoms with Crippen molar-refractivity contribution in [2.45, 2.75) is 58.0 Å². The van der Waals surface area contributed by atoms with Gasteiger partial charge in [0.05, 0.1) is 26.2 Å². The molecule has 1 rings (SSSR count). The number of aliphatic carboxylic acids is 1. The lowest BCUT2D eigenvalue weighted by molar-refractivity contribution is -0.918. The molecule has 5 heteroatoms. The zero-order chi connectivity index (χ0) is 14.8. The maximum atomic E-state index is 10.6. The molecule has 1 aliphatic rings. The Morgan fingerprint density at radius 1 is 1.35 bits per heavy atom. The monoisotopic (exact) mass is 286 g/mol. The molecule has 0 spiro atoms. The van der Waals surface area contributed by atoms with Crippen molar-refractivity contribution in [2.24, 2.45) is 0 Å². The molecular formula is C15H30N2O3. The van der Waals surface area contributed by atoms with Crippen LogP contribution in [0.2, 0.25) is 0 Å². The molecule has 1 aliphatic heterocycles. The van der Waals surface area contributed by atoms with E-state index in [2.05, 4.69) is 11.8 Å². The van der Waals surface area contributed by atoms with E-state index in [-0.39, 0.29) is 13.0 Å². The SMILES string of the molecule is CCCCCCCC1N(CCO)CC[NH+]1CCC(=O)[O-]. The van der Waals surface area contributed by atoms with Crippen LogP contribution in [0.25, 0.3) is 0 Å². The van der Waals surface area contributed by atoms with Crippen LogP contribution in [0.4, 0.5) is 0 Å². The van der Waals surface area contributed by atoms with Gasteiger partial charge < -0.3 is 19.9 Å². The molecule has 2 atom stereocenters. The zero-order valence-corrected chi connectivity index (χ0v) is 12.8. The van der Waals surface area contributed by atoms with Crippen molar-refractivity contribution in [3.8, 4) is 0 Å². The number of hydrogen-bond acceptors (Lipinski definition) is 4. The maximum Gasteiger partial charge on any atom is 0.144 e. The molecule has 118 valence electrons. The molecule has 5 nitrogen and oxygen atoms in total. The summed E-state index contributed by atoms with van der Waals surface area (Å²) in [5, 5.41) is 19.8. The molecule has 0 aromatic rings. The zero-order valence-electron chi connectivity index (χ0n) is 12.8. The fourth-order valence-electron chi connectivity index (χ4n) is 3.15. The number of nitrogens with one attached hydrogen (secondary N) is 1. The van der Waals surface area contributed by atoms with E-state index in [0.717, 1.165) is 19.5 Å². The van der Waals surface area contributed by atoms with Gasteiger partial charge in [-0.1, -0.05) is 32.6 Å². The van der Waals surface area contributed by atoms with Gasteiger partial charge in [0, 0.05) is 25.4 Å². The Kier molecular flexibility index (Phi) is 8.82. The predicted octanol–water partition coefficient (Wildman–Crippen LogP) is -0.994. The number of carbonyl (C=O) groups is 1. The number of aliphatic hydroxyl groups excluding tert-OH is 1. The highest BCUT2D eigenvalue weighted by Gasteiger charge is 2.34. The van der Waals surface area contributed by atoms with Crippen molar-refractivity contribution in [1.82, 2.24) is 4.90 Å². The predicted molar refractivity (Wildman–Crippen MR) is 76.1 cm³/mol. The van der Waals surface area contributed by atoms with E-state index in [4.69, 9.17) is 5.11 Å². The van der Waals surface area contributed by atoms with Crippen LogP contribution in [0, 0.1) is 0 Å². The van der Waals surface area contributed by atoms with Gasteiger partial charge in [-0.05, 0) is 6.42 Å². The molecule has 0 saturated carbocycles. The molecule has 20 heavy (non-hydrogen) atoms. The van der Waals surface area contributed by atoms with Gasteiger partial charge in [-0.2, -0.15) is 0 Å². The summed E-state index contributed by atoms with van der Waals surface area (Å²) in [6, 6.07) is 0. The lowest BCUT2D eigenvalue weighted by Crippen LogP contribution is -3.14. The fourth-order valence-corrected chi connectivity index (χ4v) is 3.15. The van der Waals surface area contributed by atoms with Crippen molar-refractivity contribution in [3.05, 3.63) is 0 Å². The first-order valence-electron chi connectivity index (χ1n) is 8.08. The van der Waals surface area contributed by atoms with Gasteiger partial charge in [-0.3, -0.25) is 0 Å². The quantitative estimate of drug-likeness (QED) is 0.478. The fraction of sp³-hybridized carbons (Fsp3) is 0.933. The van der Waals surface area contributed by atoms with Gasteiger partial charge in [0.1, 0.15) is 6.17 Å². The number of hydrogen-bond donors (Lipinski definition) is 2. The van der Waals surface area contributed by atoms with Gasteiger partial charge in [0.2, 0.25) is 0 Å². The molecular weight excluding hydrogens is 256 g/mol. The third-order valence-electron chi connectivity index (χ3n) is 4.25. The Hall–Kier alpha value is -0.650. The molecule has 2 unspecified atom stereocenters. The Bertz CT molecular complexity index is 274. The second-order valence-electron chi connectivity index (χ2n) is 5.76. The highest BCUT2D eigenvalue weighted by atomic mass is 16.4. The number of quaternary nitrogens is 1.